The molecule has 23 heavy (non-hydrogen) atoms. The predicted octanol–water partition coefficient (Wildman–Crippen LogP) is 3.53. The van der Waals surface area contributed by atoms with Gasteiger partial charge in [0, 0.05) is 18.3 Å². The highest BCUT2D eigenvalue weighted by atomic mass is 32.2. The van der Waals surface area contributed by atoms with Crippen LogP contribution in [-0.2, 0) is 6.42 Å². The minimum atomic E-state index is 0.0774. The van der Waals surface area contributed by atoms with Crippen molar-refractivity contribution in [2.24, 2.45) is 0 Å². The molecule has 0 aliphatic rings. The van der Waals surface area contributed by atoms with E-state index in [-0.39, 0.29) is 5.25 Å². The van der Waals surface area contributed by atoms with Gasteiger partial charge in [0.2, 0.25) is 0 Å². The number of nitrogens with zero attached hydrogens (tertiary/aromatic N) is 3. The van der Waals surface area contributed by atoms with Crippen molar-refractivity contribution in [3.05, 3.63) is 65.4 Å². The van der Waals surface area contributed by atoms with Crippen LogP contribution < -0.4 is 5.73 Å². The van der Waals surface area contributed by atoms with Gasteiger partial charge in [0.1, 0.15) is 11.6 Å². The second-order valence-corrected chi connectivity index (χ2v) is 6.71. The van der Waals surface area contributed by atoms with Gasteiger partial charge in [-0.2, -0.15) is 0 Å². The number of aryl methyl sites for hydroxylation is 1. The number of hydrogen-bond donors (Lipinski definition) is 2. The summed E-state index contributed by atoms with van der Waals surface area (Å²) >= 11 is 1.60. The molecule has 1 unspecified atom stereocenters. The average Bonchev–Trinajstić information content (AvgIpc) is 2.88. The molecule has 1 atom stereocenters. The van der Waals surface area contributed by atoms with Gasteiger partial charge in [-0.05, 0) is 25.5 Å². The lowest BCUT2D eigenvalue weighted by atomic mass is 10.1. The molecular formula is C17H19N5S. The average molecular weight is 325 g/mol. The highest BCUT2D eigenvalue weighted by Crippen LogP contribution is 2.32. The van der Waals surface area contributed by atoms with Gasteiger partial charge in [0.15, 0.2) is 5.16 Å². The molecule has 1 aromatic carbocycles. The van der Waals surface area contributed by atoms with Crippen molar-refractivity contribution in [3.8, 4) is 0 Å². The molecule has 0 radical (unpaired) electrons. The second-order valence-electron chi connectivity index (χ2n) is 5.38. The zero-order valence-corrected chi connectivity index (χ0v) is 14.0. The van der Waals surface area contributed by atoms with Crippen LogP contribution in [0, 0.1) is 6.92 Å². The van der Waals surface area contributed by atoms with E-state index in [9.17, 15) is 0 Å². The lowest BCUT2D eigenvalue weighted by Gasteiger charge is -2.07. The normalized spacial score (nSPS) is 12.3. The zero-order valence-electron chi connectivity index (χ0n) is 13.2. The fourth-order valence-electron chi connectivity index (χ4n) is 2.29. The van der Waals surface area contributed by atoms with E-state index in [0.717, 1.165) is 23.0 Å². The molecule has 0 amide bonds. The SMILES string of the molecule is Cc1[nH]c(SC(C)c2nccc(N)n2)nc1Cc1ccccc1. The van der Waals surface area contributed by atoms with E-state index in [1.165, 1.54) is 5.56 Å². The fourth-order valence-corrected chi connectivity index (χ4v) is 3.22. The number of anilines is 1. The van der Waals surface area contributed by atoms with Crippen LogP contribution in [-0.4, -0.2) is 19.9 Å². The summed E-state index contributed by atoms with van der Waals surface area (Å²) in [5.41, 5.74) is 9.14. The fraction of sp³-hybridized carbons (Fsp3) is 0.235. The molecule has 118 valence electrons. The number of thioether (sulfide) groups is 1. The third-order valence-corrected chi connectivity index (χ3v) is 4.51. The van der Waals surface area contributed by atoms with E-state index >= 15 is 0 Å². The Labute approximate surface area is 139 Å². The lowest BCUT2D eigenvalue weighted by Crippen LogP contribution is -2.00. The van der Waals surface area contributed by atoms with E-state index in [1.54, 1.807) is 24.0 Å². The molecule has 5 nitrogen and oxygen atoms in total. The van der Waals surface area contributed by atoms with Crippen molar-refractivity contribution in [1.29, 1.82) is 0 Å². The first-order valence-corrected chi connectivity index (χ1v) is 8.34. The van der Waals surface area contributed by atoms with Gasteiger partial charge in [0.05, 0.1) is 10.9 Å². The maximum Gasteiger partial charge on any atom is 0.166 e. The first kappa shape index (κ1) is 15.6. The number of aromatic amines is 1. The number of nitrogens with one attached hydrogen (secondary N) is 1. The molecular weight excluding hydrogens is 306 g/mol. The van der Waals surface area contributed by atoms with Crippen LogP contribution in [0.1, 0.15) is 34.9 Å². The van der Waals surface area contributed by atoms with Gasteiger partial charge >= 0.3 is 0 Å². The third kappa shape index (κ3) is 3.90. The Kier molecular flexibility index (Phi) is 4.62. The number of rotatable bonds is 5. The summed E-state index contributed by atoms with van der Waals surface area (Å²) in [6, 6.07) is 12.0. The number of nitrogens with two attached hydrogens (primary N) is 1. The van der Waals surface area contributed by atoms with Crippen LogP contribution in [0.15, 0.2) is 47.8 Å². The van der Waals surface area contributed by atoms with Gasteiger partial charge in [-0.3, -0.25) is 0 Å². The van der Waals surface area contributed by atoms with Gasteiger partial charge in [-0.1, -0.05) is 42.1 Å². The highest BCUT2D eigenvalue weighted by Gasteiger charge is 2.15. The highest BCUT2D eigenvalue weighted by molar-refractivity contribution is 7.99. The Bertz CT molecular complexity index is 785. The van der Waals surface area contributed by atoms with Gasteiger partial charge in [-0.15, -0.1) is 0 Å². The predicted molar refractivity (Wildman–Crippen MR) is 93.3 cm³/mol. The van der Waals surface area contributed by atoms with E-state index in [1.807, 2.05) is 25.1 Å². The van der Waals surface area contributed by atoms with Crippen LogP contribution in [0.3, 0.4) is 0 Å². The smallest absolute Gasteiger partial charge is 0.166 e. The zero-order chi connectivity index (χ0) is 16.2. The number of nitrogen functional groups attached to an aromatic ring is 1. The van der Waals surface area contributed by atoms with Crippen LogP contribution in [0.2, 0.25) is 0 Å². The Hall–Kier alpha value is -2.34. The van der Waals surface area contributed by atoms with Gasteiger partial charge < -0.3 is 10.7 Å². The first-order valence-electron chi connectivity index (χ1n) is 7.46. The molecule has 2 heterocycles. The number of benzene rings is 1. The monoisotopic (exact) mass is 325 g/mol. The minimum absolute atomic E-state index is 0.0774. The van der Waals surface area contributed by atoms with Crippen molar-refractivity contribution >= 4 is 17.6 Å². The Morgan fingerprint density at radius 1 is 1.17 bits per heavy atom. The van der Waals surface area contributed by atoms with Crippen molar-refractivity contribution in [1.82, 2.24) is 19.9 Å². The molecule has 3 N–H and O–H groups in total. The van der Waals surface area contributed by atoms with Crippen molar-refractivity contribution < 1.29 is 0 Å². The maximum atomic E-state index is 5.72. The van der Waals surface area contributed by atoms with Crippen LogP contribution in [0.5, 0.6) is 0 Å². The molecule has 0 aliphatic carbocycles. The van der Waals surface area contributed by atoms with Gasteiger partial charge in [0.25, 0.3) is 0 Å². The molecule has 0 fully saturated rings. The first-order chi connectivity index (χ1) is 11.1. The number of aromatic nitrogens is 4. The largest absolute Gasteiger partial charge is 0.384 e. The molecule has 0 aliphatic heterocycles. The van der Waals surface area contributed by atoms with Crippen molar-refractivity contribution in [3.63, 3.8) is 0 Å². The summed E-state index contributed by atoms with van der Waals surface area (Å²) in [5, 5.41) is 0.959. The molecule has 0 spiro atoms. The topological polar surface area (TPSA) is 80.5 Å². The summed E-state index contributed by atoms with van der Waals surface area (Å²) in [7, 11) is 0. The maximum absolute atomic E-state index is 5.72. The summed E-state index contributed by atoms with van der Waals surface area (Å²) in [6.45, 7) is 4.10. The van der Waals surface area contributed by atoms with E-state index < -0.39 is 0 Å². The minimum Gasteiger partial charge on any atom is -0.384 e. The standard InChI is InChI=1S/C17H19N5S/c1-11-14(10-13-6-4-3-5-7-13)21-17(20-11)23-12(2)16-19-9-8-15(18)22-16/h3-9,12H,10H2,1-2H3,(H,20,21)(H2,18,19,22). The molecule has 0 saturated heterocycles. The lowest BCUT2D eigenvalue weighted by molar-refractivity contribution is 0.910. The molecule has 0 saturated carbocycles. The summed E-state index contributed by atoms with van der Waals surface area (Å²) < 4.78 is 0. The molecule has 3 rings (SSSR count). The third-order valence-electron chi connectivity index (χ3n) is 3.53. The summed E-state index contributed by atoms with van der Waals surface area (Å²) in [5.74, 6) is 1.21. The van der Waals surface area contributed by atoms with Crippen molar-refractivity contribution in [2.45, 2.75) is 30.7 Å². The summed E-state index contributed by atoms with van der Waals surface area (Å²) in [4.78, 5) is 16.6. The number of imidazole rings is 1. The molecule has 6 heteroatoms. The Morgan fingerprint density at radius 2 is 1.96 bits per heavy atom. The van der Waals surface area contributed by atoms with Crippen LogP contribution >= 0.6 is 11.8 Å². The van der Waals surface area contributed by atoms with E-state index in [4.69, 9.17) is 10.7 Å². The quantitative estimate of drug-likeness (QED) is 0.701. The van der Waals surface area contributed by atoms with Crippen LogP contribution in [0.25, 0.3) is 0 Å². The molecule has 3 aromatic rings. The number of hydrogen-bond acceptors (Lipinski definition) is 5. The van der Waals surface area contributed by atoms with Gasteiger partial charge in [-0.25, -0.2) is 15.0 Å². The Morgan fingerprint density at radius 3 is 2.70 bits per heavy atom. The molecule has 2 aromatic heterocycles. The second kappa shape index (κ2) is 6.83. The molecule has 0 bridgehead atoms. The summed E-state index contributed by atoms with van der Waals surface area (Å²) in [6.07, 6.45) is 2.51. The van der Waals surface area contributed by atoms with E-state index in [0.29, 0.717) is 11.6 Å². The Balaban J connectivity index is 1.73. The van der Waals surface area contributed by atoms with Crippen molar-refractivity contribution in [2.75, 3.05) is 5.73 Å². The van der Waals surface area contributed by atoms with Crippen LogP contribution in [0.4, 0.5) is 5.82 Å². The number of H-pyrrole nitrogens is 1. The van der Waals surface area contributed by atoms with E-state index in [2.05, 4.69) is 34.0 Å².